The summed E-state index contributed by atoms with van der Waals surface area (Å²) >= 11 is 1.54. The number of hydrogen-bond acceptors (Lipinski definition) is 5. The second kappa shape index (κ2) is 12.2. The number of aromatic nitrogens is 4. The first-order chi connectivity index (χ1) is 19.4. The Balaban J connectivity index is 1.24. The van der Waals surface area contributed by atoms with Crippen LogP contribution in [0.2, 0.25) is 0 Å². The molecule has 0 bridgehead atoms. The fourth-order valence-electron chi connectivity index (χ4n) is 4.06. The molecule has 0 aliphatic rings. The summed E-state index contributed by atoms with van der Waals surface area (Å²) in [5, 5.41) is 12.3. The average Bonchev–Trinajstić information content (AvgIpc) is 3.38. The molecule has 202 valence electrons. The van der Waals surface area contributed by atoms with Crippen LogP contribution in [0.3, 0.4) is 0 Å². The number of nitrogens with one attached hydrogen (secondary N) is 1. The van der Waals surface area contributed by atoms with Gasteiger partial charge in [0.1, 0.15) is 0 Å². The van der Waals surface area contributed by atoms with Gasteiger partial charge >= 0.3 is 6.18 Å². The summed E-state index contributed by atoms with van der Waals surface area (Å²) in [5.41, 5.74) is 3.09. The van der Waals surface area contributed by atoms with Crippen LogP contribution in [-0.4, -0.2) is 25.7 Å². The molecule has 2 heterocycles. The van der Waals surface area contributed by atoms with Gasteiger partial charge in [-0.3, -0.25) is 14.3 Å². The molecule has 0 radical (unpaired) electrons. The van der Waals surface area contributed by atoms with E-state index in [-0.39, 0.29) is 12.5 Å². The lowest BCUT2D eigenvalue weighted by Gasteiger charge is -2.11. The van der Waals surface area contributed by atoms with Crippen LogP contribution < -0.4 is 5.32 Å². The quantitative estimate of drug-likeness (QED) is 0.205. The number of thioether (sulfide) groups is 1. The topological polar surface area (TPSA) is 72.7 Å². The Labute approximate surface area is 233 Å². The number of carbonyl (C=O) groups is 1. The summed E-state index contributed by atoms with van der Waals surface area (Å²) in [7, 11) is 0. The Bertz CT molecular complexity index is 1570. The van der Waals surface area contributed by atoms with E-state index in [4.69, 9.17) is 0 Å². The minimum Gasteiger partial charge on any atom is -0.348 e. The second-order valence-corrected chi connectivity index (χ2v) is 9.92. The summed E-state index contributed by atoms with van der Waals surface area (Å²) in [4.78, 5) is 16.7. The predicted molar refractivity (Wildman–Crippen MR) is 147 cm³/mol. The molecular weight excluding hydrogens is 535 g/mol. The lowest BCUT2D eigenvalue weighted by atomic mass is 10.1. The van der Waals surface area contributed by atoms with E-state index in [0.717, 1.165) is 39.8 Å². The lowest BCUT2D eigenvalue weighted by molar-refractivity contribution is -0.137. The third-order valence-corrected chi connectivity index (χ3v) is 7.17. The van der Waals surface area contributed by atoms with E-state index in [0.29, 0.717) is 23.4 Å². The van der Waals surface area contributed by atoms with Crippen molar-refractivity contribution >= 4 is 17.7 Å². The number of halogens is 3. The highest BCUT2D eigenvalue weighted by Gasteiger charge is 2.30. The number of pyridine rings is 1. The summed E-state index contributed by atoms with van der Waals surface area (Å²) in [6.45, 7) is 0.607. The number of nitrogens with zero attached hydrogens (tertiary/aromatic N) is 4. The minimum atomic E-state index is -4.43. The first-order valence-corrected chi connectivity index (χ1v) is 13.4. The molecule has 3 aromatic carbocycles. The molecule has 5 aromatic rings. The zero-order valence-corrected chi connectivity index (χ0v) is 22.0. The Morgan fingerprint density at radius 3 is 2.27 bits per heavy atom. The molecule has 40 heavy (non-hydrogen) atoms. The van der Waals surface area contributed by atoms with Crippen LogP contribution >= 0.6 is 11.8 Å². The van der Waals surface area contributed by atoms with E-state index in [2.05, 4.69) is 37.2 Å². The first kappa shape index (κ1) is 27.1. The zero-order valence-electron chi connectivity index (χ0n) is 21.2. The van der Waals surface area contributed by atoms with Crippen molar-refractivity contribution in [3.8, 4) is 11.4 Å². The molecule has 0 aliphatic carbocycles. The fourth-order valence-corrected chi connectivity index (χ4v) is 4.95. The van der Waals surface area contributed by atoms with Gasteiger partial charge in [0.2, 0.25) is 0 Å². The van der Waals surface area contributed by atoms with E-state index < -0.39 is 11.7 Å². The van der Waals surface area contributed by atoms with Gasteiger partial charge in [-0.2, -0.15) is 13.2 Å². The molecule has 1 amide bonds. The molecular formula is C30H24F3N5OS. The third kappa shape index (κ3) is 6.76. The summed E-state index contributed by atoms with van der Waals surface area (Å²) in [6, 6.07) is 25.9. The molecule has 5 rings (SSSR count). The monoisotopic (exact) mass is 559 g/mol. The van der Waals surface area contributed by atoms with Crippen molar-refractivity contribution in [2.45, 2.75) is 30.2 Å². The highest BCUT2D eigenvalue weighted by Crippen LogP contribution is 2.30. The van der Waals surface area contributed by atoms with Crippen molar-refractivity contribution in [3.05, 3.63) is 131 Å². The number of rotatable bonds is 9. The van der Waals surface area contributed by atoms with Gasteiger partial charge < -0.3 is 5.32 Å². The van der Waals surface area contributed by atoms with Gasteiger partial charge in [0.15, 0.2) is 11.0 Å². The highest BCUT2D eigenvalue weighted by atomic mass is 32.2. The van der Waals surface area contributed by atoms with Crippen molar-refractivity contribution < 1.29 is 18.0 Å². The number of carbonyl (C=O) groups excluding carboxylic acids is 1. The normalized spacial score (nSPS) is 11.4. The van der Waals surface area contributed by atoms with E-state index in [9.17, 15) is 18.0 Å². The van der Waals surface area contributed by atoms with Crippen LogP contribution in [0.15, 0.2) is 109 Å². The van der Waals surface area contributed by atoms with Crippen molar-refractivity contribution in [2.24, 2.45) is 0 Å². The third-order valence-electron chi connectivity index (χ3n) is 6.13. The highest BCUT2D eigenvalue weighted by molar-refractivity contribution is 7.98. The maximum atomic E-state index is 12.9. The second-order valence-electron chi connectivity index (χ2n) is 8.98. The Morgan fingerprint density at radius 1 is 0.825 bits per heavy atom. The number of alkyl halides is 3. The largest absolute Gasteiger partial charge is 0.416 e. The molecule has 6 nitrogen and oxygen atoms in total. The molecule has 0 spiro atoms. The zero-order chi connectivity index (χ0) is 28.0. The maximum absolute atomic E-state index is 12.9. The number of amides is 1. The Hall–Kier alpha value is -4.44. The molecule has 0 saturated heterocycles. The Kier molecular flexibility index (Phi) is 8.26. The van der Waals surface area contributed by atoms with E-state index >= 15 is 0 Å². The van der Waals surface area contributed by atoms with Gasteiger partial charge in [-0.1, -0.05) is 66.4 Å². The molecule has 2 aromatic heterocycles. The van der Waals surface area contributed by atoms with Gasteiger partial charge in [-0.15, -0.1) is 10.2 Å². The van der Waals surface area contributed by atoms with Gasteiger partial charge in [-0.05, 0) is 53.1 Å². The summed E-state index contributed by atoms with van der Waals surface area (Å²) < 4.78 is 40.9. The smallest absolute Gasteiger partial charge is 0.348 e. The standard InChI is InChI=1S/C30H24F3N5OS/c31-30(32,33)26-8-4-7-23(17-26)18-35-28(39)25-11-9-22(10-12-25)20-40-29-37-36-27(24-13-15-34-16-14-24)38(29)19-21-5-2-1-3-6-21/h1-17H,18-20H2,(H,35,39). The van der Waals surface area contributed by atoms with Crippen LogP contribution in [0.5, 0.6) is 0 Å². The van der Waals surface area contributed by atoms with Crippen molar-refractivity contribution in [1.82, 2.24) is 25.1 Å². The molecule has 10 heteroatoms. The molecule has 0 saturated carbocycles. The van der Waals surface area contributed by atoms with Gasteiger partial charge in [0.25, 0.3) is 5.91 Å². The van der Waals surface area contributed by atoms with Gasteiger partial charge in [-0.25, -0.2) is 0 Å². The predicted octanol–water partition coefficient (Wildman–Crippen LogP) is 6.63. The number of hydrogen-bond donors (Lipinski definition) is 1. The lowest BCUT2D eigenvalue weighted by Crippen LogP contribution is -2.23. The van der Waals surface area contributed by atoms with Crippen molar-refractivity contribution in [1.29, 1.82) is 0 Å². The van der Waals surface area contributed by atoms with Crippen molar-refractivity contribution in [2.75, 3.05) is 0 Å². The molecule has 0 atom stereocenters. The summed E-state index contributed by atoms with van der Waals surface area (Å²) in [5.74, 6) is 0.998. The van der Waals surface area contributed by atoms with E-state index in [1.807, 2.05) is 42.5 Å². The van der Waals surface area contributed by atoms with Gasteiger partial charge in [0.05, 0.1) is 12.1 Å². The SMILES string of the molecule is O=C(NCc1cccc(C(F)(F)F)c1)c1ccc(CSc2nnc(-c3ccncc3)n2Cc2ccccc2)cc1. The van der Waals surface area contributed by atoms with Crippen LogP contribution in [0, 0.1) is 0 Å². The van der Waals surface area contributed by atoms with Gasteiger partial charge in [0, 0.05) is 35.8 Å². The summed E-state index contributed by atoms with van der Waals surface area (Å²) in [6.07, 6.45) is -0.981. The van der Waals surface area contributed by atoms with Crippen LogP contribution in [0.25, 0.3) is 11.4 Å². The average molecular weight is 560 g/mol. The first-order valence-electron chi connectivity index (χ1n) is 12.4. The molecule has 0 aliphatic heterocycles. The van der Waals surface area contributed by atoms with E-state index in [1.165, 1.54) is 6.07 Å². The van der Waals surface area contributed by atoms with E-state index in [1.54, 1.807) is 42.4 Å². The molecule has 0 unspecified atom stereocenters. The molecule has 0 fully saturated rings. The Morgan fingerprint density at radius 2 is 1.55 bits per heavy atom. The molecule has 1 N–H and O–H groups in total. The fraction of sp³-hybridized carbons (Fsp3) is 0.133. The maximum Gasteiger partial charge on any atom is 0.416 e. The number of benzene rings is 3. The minimum absolute atomic E-state index is 0.00274. The van der Waals surface area contributed by atoms with Crippen LogP contribution in [0.4, 0.5) is 13.2 Å². The van der Waals surface area contributed by atoms with Crippen LogP contribution in [0.1, 0.15) is 32.6 Å². The van der Waals surface area contributed by atoms with Crippen LogP contribution in [-0.2, 0) is 25.0 Å². The van der Waals surface area contributed by atoms with Crippen molar-refractivity contribution in [3.63, 3.8) is 0 Å².